The Labute approximate surface area is 119 Å². The van der Waals surface area contributed by atoms with Crippen molar-refractivity contribution in [2.45, 2.75) is 19.9 Å². The molecule has 0 saturated carbocycles. The SMILES string of the molecule is Cc1cc(NC(=O)CCn2c(=O)oc3ccccc32)n[nH]1. The van der Waals surface area contributed by atoms with Gasteiger partial charge in [0.25, 0.3) is 0 Å². The van der Waals surface area contributed by atoms with Gasteiger partial charge in [-0.15, -0.1) is 0 Å². The number of hydrogen-bond donors (Lipinski definition) is 2. The minimum atomic E-state index is -0.459. The molecule has 0 atom stereocenters. The van der Waals surface area contributed by atoms with Gasteiger partial charge in [0.05, 0.1) is 5.52 Å². The summed E-state index contributed by atoms with van der Waals surface area (Å²) in [5, 5.41) is 9.33. The molecule has 0 unspecified atom stereocenters. The van der Waals surface area contributed by atoms with Crippen LogP contribution >= 0.6 is 0 Å². The third-order valence-electron chi connectivity index (χ3n) is 3.11. The highest BCUT2D eigenvalue weighted by molar-refractivity contribution is 5.89. The van der Waals surface area contributed by atoms with Crippen molar-refractivity contribution in [3.8, 4) is 0 Å². The number of nitrogens with zero attached hydrogens (tertiary/aromatic N) is 2. The van der Waals surface area contributed by atoms with Gasteiger partial charge in [-0.2, -0.15) is 5.10 Å². The smallest absolute Gasteiger partial charge is 0.408 e. The van der Waals surface area contributed by atoms with Crippen molar-refractivity contribution in [1.29, 1.82) is 0 Å². The molecular weight excluding hydrogens is 272 g/mol. The lowest BCUT2D eigenvalue weighted by Crippen LogP contribution is -2.19. The van der Waals surface area contributed by atoms with Crippen LogP contribution in [0.2, 0.25) is 0 Å². The van der Waals surface area contributed by atoms with Crippen LogP contribution in [0.25, 0.3) is 11.1 Å². The standard InChI is InChI=1S/C14H14N4O3/c1-9-8-12(17-16-9)15-13(19)6-7-18-10-4-2-3-5-11(10)21-14(18)20/h2-5,8H,6-7H2,1H3,(H2,15,16,17,19). The van der Waals surface area contributed by atoms with Crippen molar-refractivity contribution in [3.05, 3.63) is 46.6 Å². The average molecular weight is 286 g/mol. The van der Waals surface area contributed by atoms with E-state index in [2.05, 4.69) is 15.5 Å². The Morgan fingerprint density at radius 2 is 2.24 bits per heavy atom. The van der Waals surface area contributed by atoms with E-state index in [9.17, 15) is 9.59 Å². The number of benzene rings is 1. The molecule has 1 aromatic carbocycles. The molecule has 0 aliphatic heterocycles. The van der Waals surface area contributed by atoms with Gasteiger partial charge in [-0.3, -0.25) is 14.5 Å². The van der Waals surface area contributed by atoms with Crippen LogP contribution < -0.4 is 11.1 Å². The topological polar surface area (TPSA) is 92.9 Å². The summed E-state index contributed by atoms with van der Waals surface area (Å²) >= 11 is 0. The first-order valence-corrected chi connectivity index (χ1v) is 6.54. The molecular formula is C14H14N4O3. The molecule has 7 nitrogen and oxygen atoms in total. The fourth-order valence-electron chi connectivity index (χ4n) is 2.13. The number of carbonyl (C=O) groups excluding carboxylic acids is 1. The fraction of sp³-hybridized carbons (Fsp3) is 0.214. The van der Waals surface area contributed by atoms with Gasteiger partial charge in [-0.05, 0) is 19.1 Å². The van der Waals surface area contributed by atoms with Crippen LogP contribution in [0.15, 0.2) is 39.5 Å². The second-order valence-corrected chi connectivity index (χ2v) is 4.72. The first-order chi connectivity index (χ1) is 10.1. The maximum atomic E-state index is 11.9. The van der Waals surface area contributed by atoms with E-state index in [4.69, 9.17) is 4.42 Å². The van der Waals surface area contributed by atoms with E-state index in [1.807, 2.05) is 13.0 Å². The Balaban J connectivity index is 1.70. The summed E-state index contributed by atoms with van der Waals surface area (Å²) in [6.07, 6.45) is 0.162. The number of rotatable bonds is 4. The van der Waals surface area contributed by atoms with Crippen LogP contribution in [-0.2, 0) is 11.3 Å². The number of oxazole rings is 1. The van der Waals surface area contributed by atoms with E-state index in [-0.39, 0.29) is 18.9 Å². The summed E-state index contributed by atoms with van der Waals surface area (Å²) < 4.78 is 6.56. The number of para-hydroxylation sites is 2. The number of H-pyrrole nitrogens is 1. The van der Waals surface area contributed by atoms with Crippen molar-refractivity contribution in [2.75, 3.05) is 5.32 Å². The molecule has 0 fully saturated rings. The minimum Gasteiger partial charge on any atom is -0.408 e. The summed E-state index contributed by atoms with van der Waals surface area (Å²) in [7, 11) is 0. The van der Waals surface area contributed by atoms with Crippen molar-refractivity contribution in [2.24, 2.45) is 0 Å². The number of aromatic nitrogens is 3. The average Bonchev–Trinajstić information content (AvgIpc) is 2.99. The molecule has 2 heterocycles. The number of aromatic amines is 1. The maximum absolute atomic E-state index is 11.9. The molecule has 2 N–H and O–H groups in total. The predicted octanol–water partition coefficient (Wildman–Crippen LogP) is 1.65. The third kappa shape index (κ3) is 2.71. The summed E-state index contributed by atoms with van der Waals surface area (Å²) in [5.41, 5.74) is 2.07. The summed E-state index contributed by atoms with van der Waals surface area (Å²) in [6, 6.07) is 8.86. The second-order valence-electron chi connectivity index (χ2n) is 4.72. The van der Waals surface area contributed by atoms with Gasteiger partial charge in [0.2, 0.25) is 5.91 Å². The van der Waals surface area contributed by atoms with Crippen LogP contribution in [0, 0.1) is 6.92 Å². The first-order valence-electron chi connectivity index (χ1n) is 6.54. The number of amides is 1. The third-order valence-corrected chi connectivity index (χ3v) is 3.11. The predicted molar refractivity (Wildman–Crippen MR) is 77.0 cm³/mol. The summed E-state index contributed by atoms with van der Waals surface area (Å²) in [4.78, 5) is 23.6. The van der Waals surface area contributed by atoms with Crippen molar-refractivity contribution in [3.63, 3.8) is 0 Å². The maximum Gasteiger partial charge on any atom is 0.419 e. The lowest BCUT2D eigenvalue weighted by molar-refractivity contribution is -0.116. The lowest BCUT2D eigenvalue weighted by Gasteiger charge is -2.02. The first kappa shape index (κ1) is 13.2. The molecule has 0 aliphatic rings. The summed E-state index contributed by atoms with van der Waals surface area (Å²) in [5.74, 6) is -0.194. The number of nitrogens with one attached hydrogen (secondary N) is 2. The molecule has 0 spiro atoms. The highest BCUT2D eigenvalue weighted by Crippen LogP contribution is 2.12. The largest absolute Gasteiger partial charge is 0.419 e. The van der Waals surface area contributed by atoms with Gasteiger partial charge >= 0.3 is 5.76 Å². The Hall–Kier alpha value is -2.83. The van der Waals surface area contributed by atoms with Crippen LogP contribution in [0.3, 0.4) is 0 Å². The molecule has 0 aliphatic carbocycles. The van der Waals surface area contributed by atoms with Gasteiger partial charge in [0.1, 0.15) is 0 Å². The van der Waals surface area contributed by atoms with Gasteiger partial charge in [-0.25, -0.2) is 4.79 Å². The number of hydrogen-bond acceptors (Lipinski definition) is 4. The zero-order valence-electron chi connectivity index (χ0n) is 11.4. The highest BCUT2D eigenvalue weighted by Gasteiger charge is 2.11. The number of fused-ring (bicyclic) bond motifs is 1. The fourth-order valence-corrected chi connectivity index (χ4v) is 2.13. The molecule has 3 rings (SSSR count). The molecule has 2 aromatic heterocycles. The Kier molecular flexibility index (Phi) is 3.31. The number of anilines is 1. The summed E-state index contributed by atoms with van der Waals surface area (Å²) in [6.45, 7) is 2.10. The highest BCUT2D eigenvalue weighted by atomic mass is 16.4. The molecule has 1 amide bonds. The van der Waals surface area contributed by atoms with Gasteiger partial charge in [0.15, 0.2) is 11.4 Å². The van der Waals surface area contributed by atoms with Crippen LogP contribution in [0.5, 0.6) is 0 Å². The van der Waals surface area contributed by atoms with E-state index < -0.39 is 5.76 Å². The molecule has 0 saturated heterocycles. The van der Waals surface area contributed by atoms with Crippen LogP contribution in [-0.4, -0.2) is 20.7 Å². The molecule has 21 heavy (non-hydrogen) atoms. The van der Waals surface area contributed by atoms with Crippen molar-refractivity contribution >= 4 is 22.8 Å². The molecule has 0 bridgehead atoms. The second kappa shape index (κ2) is 5.28. The normalized spacial score (nSPS) is 10.9. The Bertz CT molecular complexity index is 843. The van der Waals surface area contributed by atoms with E-state index in [1.165, 1.54) is 4.57 Å². The molecule has 3 aromatic rings. The lowest BCUT2D eigenvalue weighted by atomic mass is 10.3. The van der Waals surface area contributed by atoms with Gasteiger partial charge in [0, 0.05) is 24.7 Å². The van der Waals surface area contributed by atoms with E-state index >= 15 is 0 Å². The zero-order valence-corrected chi connectivity index (χ0v) is 11.4. The van der Waals surface area contributed by atoms with E-state index in [0.717, 1.165) is 5.69 Å². The van der Waals surface area contributed by atoms with Gasteiger partial charge < -0.3 is 9.73 Å². The number of aryl methyl sites for hydroxylation is 2. The van der Waals surface area contributed by atoms with Crippen LogP contribution in [0.1, 0.15) is 12.1 Å². The molecule has 7 heteroatoms. The molecule has 108 valence electrons. The quantitative estimate of drug-likeness (QED) is 0.762. The van der Waals surface area contributed by atoms with E-state index in [0.29, 0.717) is 16.9 Å². The Morgan fingerprint density at radius 3 is 3.00 bits per heavy atom. The number of carbonyl (C=O) groups is 1. The van der Waals surface area contributed by atoms with Gasteiger partial charge in [-0.1, -0.05) is 12.1 Å². The zero-order chi connectivity index (χ0) is 14.8. The van der Waals surface area contributed by atoms with Crippen molar-refractivity contribution < 1.29 is 9.21 Å². The van der Waals surface area contributed by atoms with E-state index in [1.54, 1.807) is 24.3 Å². The monoisotopic (exact) mass is 286 g/mol. The van der Waals surface area contributed by atoms with Crippen molar-refractivity contribution in [1.82, 2.24) is 14.8 Å². The minimum absolute atomic E-state index is 0.162. The van der Waals surface area contributed by atoms with Crippen LogP contribution in [0.4, 0.5) is 5.82 Å². The Morgan fingerprint density at radius 1 is 1.43 bits per heavy atom. The molecule has 0 radical (unpaired) electrons.